The summed E-state index contributed by atoms with van der Waals surface area (Å²) >= 11 is 0. The monoisotopic (exact) mass is 160 g/mol. The minimum absolute atomic E-state index is 0.0147. The highest BCUT2D eigenvalue weighted by molar-refractivity contribution is 5.95. The van der Waals surface area contributed by atoms with Crippen LogP contribution in [0.5, 0.6) is 0 Å². The van der Waals surface area contributed by atoms with Crippen molar-refractivity contribution < 1.29 is 4.79 Å². The van der Waals surface area contributed by atoms with Crippen LogP contribution >= 0.6 is 0 Å². The molecule has 60 valence electrons. The first-order valence-electron chi connectivity index (χ1n) is 3.61. The summed E-state index contributed by atoms with van der Waals surface area (Å²) < 4.78 is 0. The molecule has 0 atom stereocenters. The molecule has 1 heterocycles. The molecule has 0 aliphatic heterocycles. The number of hydrogen-bond donors (Lipinski definition) is 0. The predicted octanol–water partition coefficient (Wildman–Crippen LogP) is 1.57. The predicted molar refractivity (Wildman–Crippen MR) is 44.7 cm³/mol. The van der Waals surface area contributed by atoms with E-state index in [0.29, 0.717) is 5.56 Å². The number of pyridine rings is 1. The average molecular weight is 160 g/mol. The number of Topliss-reactive ketones (excluding diaryl/α,β-unsaturated/α-hetero) is 1. The number of nitrogens with zero attached hydrogens (tertiary/aromatic N) is 2. The SMILES string of the molecule is [C-]#[N+]CCC(=O)c1cccnc1. The van der Waals surface area contributed by atoms with Crippen molar-refractivity contribution in [1.82, 2.24) is 4.98 Å². The quantitative estimate of drug-likeness (QED) is 0.497. The van der Waals surface area contributed by atoms with E-state index in [1.165, 1.54) is 6.20 Å². The molecule has 1 aromatic heterocycles. The van der Waals surface area contributed by atoms with Gasteiger partial charge in [0, 0.05) is 18.0 Å². The first-order valence-corrected chi connectivity index (χ1v) is 3.61. The fourth-order valence-electron chi connectivity index (χ4n) is 0.829. The fourth-order valence-corrected chi connectivity index (χ4v) is 0.829. The van der Waals surface area contributed by atoms with Crippen molar-refractivity contribution >= 4 is 5.78 Å². The Labute approximate surface area is 70.9 Å². The van der Waals surface area contributed by atoms with E-state index in [9.17, 15) is 4.79 Å². The Bertz CT molecular complexity index is 300. The zero-order chi connectivity index (χ0) is 8.81. The Hall–Kier alpha value is -1.69. The maximum atomic E-state index is 11.2. The fraction of sp³-hybridized carbons (Fsp3) is 0.222. The topological polar surface area (TPSA) is 34.3 Å². The summed E-state index contributed by atoms with van der Waals surface area (Å²) in [6, 6.07) is 3.42. The van der Waals surface area contributed by atoms with Gasteiger partial charge in [0.05, 0.1) is 6.42 Å². The van der Waals surface area contributed by atoms with Crippen LogP contribution in [-0.4, -0.2) is 17.3 Å². The summed E-state index contributed by atoms with van der Waals surface area (Å²) in [6.45, 7) is 6.77. The third kappa shape index (κ3) is 2.17. The standard InChI is InChI=1S/C9H8N2O/c1-10-6-4-9(12)8-3-2-5-11-7-8/h2-3,5,7H,4,6H2. The first kappa shape index (κ1) is 8.41. The molecular weight excluding hydrogens is 152 g/mol. The van der Waals surface area contributed by atoms with Gasteiger partial charge < -0.3 is 4.85 Å². The Morgan fingerprint density at radius 1 is 1.67 bits per heavy atom. The lowest BCUT2D eigenvalue weighted by atomic mass is 10.1. The Balaban J connectivity index is 2.61. The van der Waals surface area contributed by atoms with Crippen LogP contribution in [0.1, 0.15) is 16.8 Å². The molecule has 0 radical (unpaired) electrons. The maximum absolute atomic E-state index is 11.2. The Morgan fingerprint density at radius 3 is 3.08 bits per heavy atom. The summed E-state index contributed by atoms with van der Waals surface area (Å²) in [4.78, 5) is 18.1. The molecule has 3 heteroatoms. The lowest BCUT2D eigenvalue weighted by molar-refractivity contribution is 0.0987. The van der Waals surface area contributed by atoms with Gasteiger partial charge in [-0.25, -0.2) is 6.57 Å². The molecular formula is C9H8N2O. The van der Waals surface area contributed by atoms with Gasteiger partial charge in [-0.3, -0.25) is 9.78 Å². The third-order valence-electron chi connectivity index (χ3n) is 1.43. The van der Waals surface area contributed by atoms with Gasteiger partial charge in [-0.15, -0.1) is 0 Å². The van der Waals surface area contributed by atoms with Crippen LogP contribution in [-0.2, 0) is 0 Å². The van der Waals surface area contributed by atoms with Gasteiger partial charge in [-0.2, -0.15) is 0 Å². The van der Waals surface area contributed by atoms with Crippen LogP contribution in [0, 0.1) is 6.57 Å². The van der Waals surface area contributed by atoms with Gasteiger partial charge in [0.15, 0.2) is 5.78 Å². The van der Waals surface area contributed by atoms with Gasteiger partial charge >= 0.3 is 0 Å². The summed E-state index contributed by atoms with van der Waals surface area (Å²) in [6.07, 6.45) is 3.42. The second-order valence-electron chi connectivity index (χ2n) is 2.30. The van der Waals surface area contributed by atoms with E-state index >= 15 is 0 Å². The van der Waals surface area contributed by atoms with Crippen LogP contribution in [0.2, 0.25) is 0 Å². The van der Waals surface area contributed by atoms with Crippen LogP contribution in [0.15, 0.2) is 24.5 Å². The zero-order valence-corrected chi connectivity index (χ0v) is 6.53. The molecule has 0 N–H and O–H groups in total. The molecule has 0 fully saturated rings. The minimum Gasteiger partial charge on any atom is -0.316 e. The average Bonchev–Trinajstić information content (AvgIpc) is 2.15. The number of aromatic nitrogens is 1. The van der Waals surface area contributed by atoms with Crippen LogP contribution < -0.4 is 0 Å². The van der Waals surface area contributed by atoms with E-state index in [-0.39, 0.29) is 18.7 Å². The lowest BCUT2D eigenvalue weighted by Gasteiger charge is -1.93. The number of rotatable bonds is 3. The summed E-state index contributed by atoms with van der Waals surface area (Å²) in [5, 5.41) is 0. The Kier molecular flexibility index (Phi) is 2.97. The van der Waals surface area contributed by atoms with Crippen LogP contribution in [0.25, 0.3) is 4.85 Å². The summed E-state index contributed by atoms with van der Waals surface area (Å²) in [7, 11) is 0. The number of ketones is 1. The van der Waals surface area contributed by atoms with E-state index in [0.717, 1.165) is 0 Å². The van der Waals surface area contributed by atoms with E-state index in [4.69, 9.17) is 6.57 Å². The molecule has 0 saturated carbocycles. The molecule has 0 aliphatic carbocycles. The second kappa shape index (κ2) is 4.24. The van der Waals surface area contributed by atoms with Crippen LogP contribution in [0.4, 0.5) is 0 Å². The van der Waals surface area contributed by atoms with Crippen molar-refractivity contribution in [1.29, 1.82) is 0 Å². The van der Waals surface area contributed by atoms with E-state index in [1.807, 2.05) is 0 Å². The Morgan fingerprint density at radius 2 is 2.50 bits per heavy atom. The molecule has 0 amide bonds. The number of carbonyl (C=O) groups is 1. The molecule has 12 heavy (non-hydrogen) atoms. The second-order valence-corrected chi connectivity index (χ2v) is 2.30. The van der Waals surface area contributed by atoms with Crippen molar-refractivity contribution in [3.05, 3.63) is 41.5 Å². The van der Waals surface area contributed by atoms with Gasteiger partial charge in [0.1, 0.15) is 0 Å². The summed E-state index contributed by atoms with van der Waals surface area (Å²) in [5.74, 6) is -0.0147. The summed E-state index contributed by atoms with van der Waals surface area (Å²) in [5.41, 5.74) is 0.584. The largest absolute Gasteiger partial charge is 0.316 e. The van der Waals surface area contributed by atoms with Crippen molar-refractivity contribution in [2.24, 2.45) is 0 Å². The van der Waals surface area contributed by atoms with E-state index in [2.05, 4.69) is 9.83 Å². The molecule has 0 aliphatic rings. The highest BCUT2D eigenvalue weighted by atomic mass is 16.1. The third-order valence-corrected chi connectivity index (χ3v) is 1.43. The van der Waals surface area contributed by atoms with E-state index < -0.39 is 0 Å². The van der Waals surface area contributed by atoms with Gasteiger partial charge in [0.2, 0.25) is 6.54 Å². The highest BCUT2D eigenvalue weighted by Gasteiger charge is 2.05. The van der Waals surface area contributed by atoms with E-state index in [1.54, 1.807) is 18.3 Å². The lowest BCUT2D eigenvalue weighted by Crippen LogP contribution is -2.00. The molecule has 0 bridgehead atoms. The van der Waals surface area contributed by atoms with Gasteiger partial charge in [-0.05, 0) is 12.1 Å². The van der Waals surface area contributed by atoms with Crippen molar-refractivity contribution in [3.8, 4) is 0 Å². The number of hydrogen-bond acceptors (Lipinski definition) is 2. The number of carbonyl (C=O) groups excluding carboxylic acids is 1. The smallest absolute Gasteiger partial charge is 0.221 e. The van der Waals surface area contributed by atoms with Gasteiger partial charge in [0.25, 0.3) is 0 Å². The molecule has 0 aromatic carbocycles. The van der Waals surface area contributed by atoms with Crippen molar-refractivity contribution in [3.63, 3.8) is 0 Å². The first-order chi connectivity index (χ1) is 5.84. The van der Waals surface area contributed by atoms with Crippen LogP contribution in [0.3, 0.4) is 0 Å². The molecule has 1 aromatic rings. The van der Waals surface area contributed by atoms with Crippen molar-refractivity contribution in [2.45, 2.75) is 6.42 Å². The normalized spacial score (nSPS) is 8.92. The molecule has 0 unspecified atom stereocenters. The van der Waals surface area contributed by atoms with Crippen molar-refractivity contribution in [2.75, 3.05) is 6.54 Å². The molecule has 0 spiro atoms. The van der Waals surface area contributed by atoms with Gasteiger partial charge in [-0.1, -0.05) is 0 Å². The molecule has 3 nitrogen and oxygen atoms in total. The highest BCUT2D eigenvalue weighted by Crippen LogP contribution is 2.00. The minimum atomic E-state index is -0.0147. The molecule has 0 saturated heterocycles. The maximum Gasteiger partial charge on any atom is 0.221 e. The zero-order valence-electron chi connectivity index (χ0n) is 6.53. The molecule has 1 rings (SSSR count).